The summed E-state index contributed by atoms with van der Waals surface area (Å²) in [5, 5.41) is 7.73. The largest absolute Gasteiger partial charge is 0.381 e. The predicted octanol–water partition coefficient (Wildman–Crippen LogP) is 2.55. The molecular formula is C15H25N3O2S. The highest BCUT2D eigenvalue weighted by atomic mass is 32.1. The lowest BCUT2D eigenvalue weighted by molar-refractivity contribution is -0.150. The standard InChI is InChI=1S/C15H25N3O2S/c1-2-6-16-14(13-11-17-18-21-13)12-3-7-20-15(10-12)4-8-19-9-5-15/h11-12,14,16H,2-10H2,1H3. The van der Waals surface area contributed by atoms with Crippen LogP contribution in [-0.4, -0.2) is 41.6 Å². The van der Waals surface area contributed by atoms with Crippen molar-refractivity contribution in [3.05, 3.63) is 11.1 Å². The van der Waals surface area contributed by atoms with Crippen LogP contribution < -0.4 is 5.32 Å². The minimum atomic E-state index is 0.0471. The Morgan fingerprint density at radius 2 is 2.29 bits per heavy atom. The second kappa shape index (κ2) is 7.13. The Balaban J connectivity index is 1.72. The SMILES string of the molecule is CCCNC(c1cnns1)C1CCOC2(CCOCC2)C1. The lowest BCUT2D eigenvalue weighted by atomic mass is 9.77. The molecular weight excluding hydrogens is 286 g/mol. The van der Waals surface area contributed by atoms with Crippen molar-refractivity contribution in [1.29, 1.82) is 0 Å². The van der Waals surface area contributed by atoms with Crippen molar-refractivity contribution in [1.82, 2.24) is 14.9 Å². The van der Waals surface area contributed by atoms with Gasteiger partial charge in [0.15, 0.2) is 0 Å². The van der Waals surface area contributed by atoms with Gasteiger partial charge in [-0.15, -0.1) is 5.10 Å². The summed E-state index contributed by atoms with van der Waals surface area (Å²) in [6.45, 7) is 5.78. The van der Waals surface area contributed by atoms with Crippen LogP contribution in [0.3, 0.4) is 0 Å². The van der Waals surface area contributed by atoms with Crippen molar-refractivity contribution >= 4 is 11.5 Å². The Kier molecular flexibility index (Phi) is 5.21. The van der Waals surface area contributed by atoms with Crippen molar-refractivity contribution in [2.75, 3.05) is 26.4 Å². The molecule has 2 saturated heterocycles. The molecule has 0 aliphatic carbocycles. The van der Waals surface area contributed by atoms with E-state index in [-0.39, 0.29) is 5.60 Å². The Bertz CT molecular complexity index is 415. The van der Waals surface area contributed by atoms with Crippen LogP contribution in [0.15, 0.2) is 6.20 Å². The molecule has 0 bridgehead atoms. The van der Waals surface area contributed by atoms with Crippen LogP contribution in [0.2, 0.25) is 0 Å². The summed E-state index contributed by atoms with van der Waals surface area (Å²) in [7, 11) is 0. The molecule has 3 rings (SSSR count). The fourth-order valence-corrected chi connectivity index (χ4v) is 4.23. The normalized spacial score (nSPS) is 26.8. The Morgan fingerprint density at radius 3 is 3.00 bits per heavy atom. The maximum Gasteiger partial charge on any atom is 0.0729 e. The highest BCUT2D eigenvalue weighted by Crippen LogP contribution is 2.42. The fraction of sp³-hybridized carbons (Fsp3) is 0.867. The van der Waals surface area contributed by atoms with Crippen molar-refractivity contribution in [3.8, 4) is 0 Å². The molecule has 6 heteroatoms. The van der Waals surface area contributed by atoms with Gasteiger partial charge in [-0.1, -0.05) is 11.4 Å². The van der Waals surface area contributed by atoms with E-state index in [1.807, 2.05) is 6.20 Å². The van der Waals surface area contributed by atoms with Gasteiger partial charge in [0.2, 0.25) is 0 Å². The number of rotatable bonds is 5. The molecule has 2 unspecified atom stereocenters. The smallest absolute Gasteiger partial charge is 0.0729 e. The molecule has 2 atom stereocenters. The second-order valence-electron chi connectivity index (χ2n) is 6.15. The molecule has 3 heterocycles. The highest BCUT2D eigenvalue weighted by Gasteiger charge is 2.41. The van der Waals surface area contributed by atoms with Gasteiger partial charge in [-0.25, -0.2) is 0 Å². The van der Waals surface area contributed by atoms with Gasteiger partial charge in [0.25, 0.3) is 0 Å². The fourth-order valence-electron chi connectivity index (χ4n) is 3.55. The van der Waals surface area contributed by atoms with Gasteiger partial charge in [0.05, 0.1) is 16.7 Å². The zero-order valence-corrected chi connectivity index (χ0v) is 13.5. The van der Waals surface area contributed by atoms with Crippen LogP contribution in [0.5, 0.6) is 0 Å². The molecule has 0 radical (unpaired) electrons. The van der Waals surface area contributed by atoms with Crippen LogP contribution in [0.4, 0.5) is 0 Å². The molecule has 2 aliphatic heterocycles. The molecule has 118 valence electrons. The van der Waals surface area contributed by atoms with Gasteiger partial charge in [-0.05, 0) is 56.1 Å². The van der Waals surface area contributed by atoms with Crippen molar-refractivity contribution < 1.29 is 9.47 Å². The van der Waals surface area contributed by atoms with Crippen molar-refractivity contribution in [2.45, 2.75) is 50.7 Å². The molecule has 2 fully saturated rings. The van der Waals surface area contributed by atoms with Crippen LogP contribution in [-0.2, 0) is 9.47 Å². The van der Waals surface area contributed by atoms with Gasteiger partial charge >= 0.3 is 0 Å². The van der Waals surface area contributed by atoms with E-state index in [0.29, 0.717) is 12.0 Å². The maximum absolute atomic E-state index is 6.17. The molecule has 5 nitrogen and oxygen atoms in total. The molecule has 0 aromatic carbocycles. The summed E-state index contributed by atoms with van der Waals surface area (Å²) >= 11 is 1.52. The summed E-state index contributed by atoms with van der Waals surface area (Å²) in [5.41, 5.74) is 0.0471. The summed E-state index contributed by atoms with van der Waals surface area (Å²) in [4.78, 5) is 1.26. The molecule has 1 aromatic heterocycles. The minimum Gasteiger partial charge on any atom is -0.381 e. The van der Waals surface area contributed by atoms with E-state index in [2.05, 4.69) is 21.8 Å². The summed E-state index contributed by atoms with van der Waals surface area (Å²) < 4.78 is 15.7. The van der Waals surface area contributed by atoms with Crippen LogP contribution in [0, 0.1) is 5.92 Å². The first kappa shape index (κ1) is 15.3. The number of nitrogens with zero attached hydrogens (tertiary/aromatic N) is 2. The molecule has 21 heavy (non-hydrogen) atoms. The quantitative estimate of drug-likeness (QED) is 0.905. The summed E-state index contributed by atoms with van der Waals surface area (Å²) in [6.07, 6.45) is 7.36. The molecule has 0 saturated carbocycles. The van der Waals surface area contributed by atoms with E-state index in [1.54, 1.807) is 0 Å². The number of ether oxygens (including phenoxy) is 2. The molecule has 0 amide bonds. The first-order valence-corrected chi connectivity index (χ1v) is 8.83. The van der Waals surface area contributed by atoms with E-state index in [1.165, 1.54) is 16.4 Å². The molecule has 2 aliphatic rings. The lowest BCUT2D eigenvalue weighted by Crippen LogP contribution is -2.47. The zero-order chi connectivity index (χ0) is 14.5. The molecule has 1 N–H and O–H groups in total. The topological polar surface area (TPSA) is 56.3 Å². The number of hydrogen-bond acceptors (Lipinski definition) is 6. The van der Waals surface area contributed by atoms with Crippen molar-refractivity contribution in [3.63, 3.8) is 0 Å². The first-order valence-electron chi connectivity index (χ1n) is 8.05. The van der Waals surface area contributed by atoms with Gasteiger partial charge < -0.3 is 14.8 Å². The van der Waals surface area contributed by atoms with Gasteiger partial charge in [0, 0.05) is 25.9 Å². The number of nitrogens with one attached hydrogen (secondary N) is 1. The van der Waals surface area contributed by atoms with Crippen molar-refractivity contribution in [2.24, 2.45) is 5.92 Å². The lowest BCUT2D eigenvalue weighted by Gasteiger charge is -2.45. The zero-order valence-electron chi connectivity index (χ0n) is 12.7. The van der Waals surface area contributed by atoms with E-state index in [9.17, 15) is 0 Å². The van der Waals surface area contributed by atoms with Gasteiger partial charge in [-0.2, -0.15) is 0 Å². The number of hydrogen-bond donors (Lipinski definition) is 1. The monoisotopic (exact) mass is 311 g/mol. The van der Waals surface area contributed by atoms with Crippen LogP contribution in [0.1, 0.15) is 49.9 Å². The second-order valence-corrected chi connectivity index (χ2v) is 6.97. The third kappa shape index (κ3) is 3.62. The predicted molar refractivity (Wildman–Crippen MR) is 82.4 cm³/mol. The average Bonchev–Trinajstić information content (AvgIpc) is 3.03. The third-order valence-corrected chi connectivity index (χ3v) is 5.45. The first-order chi connectivity index (χ1) is 10.3. The van der Waals surface area contributed by atoms with Gasteiger partial charge in [0.1, 0.15) is 0 Å². The van der Waals surface area contributed by atoms with E-state index < -0.39 is 0 Å². The van der Waals surface area contributed by atoms with E-state index >= 15 is 0 Å². The van der Waals surface area contributed by atoms with Crippen LogP contribution >= 0.6 is 11.5 Å². The average molecular weight is 311 g/mol. The Hall–Kier alpha value is -0.560. The molecule has 1 spiro atoms. The summed E-state index contributed by atoms with van der Waals surface area (Å²) in [5.74, 6) is 0.602. The maximum atomic E-state index is 6.17. The number of aromatic nitrogens is 2. The Labute approximate surface area is 130 Å². The highest BCUT2D eigenvalue weighted by molar-refractivity contribution is 7.05. The minimum absolute atomic E-state index is 0.0471. The third-order valence-electron chi connectivity index (χ3n) is 4.71. The van der Waals surface area contributed by atoms with E-state index in [4.69, 9.17) is 9.47 Å². The Morgan fingerprint density at radius 1 is 1.43 bits per heavy atom. The molecule has 1 aromatic rings. The summed E-state index contributed by atoms with van der Waals surface area (Å²) in [6, 6.07) is 0.369. The van der Waals surface area contributed by atoms with Gasteiger partial charge in [-0.3, -0.25) is 0 Å². The van der Waals surface area contributed by atoms with E-state index in [0.717, 1.165) is 58.5 Å². The van der Waals surface area contributed by atoms with Crippen LogP contribution in [0.25, 0.3) is 0 Å².